The molecule has 0 saturated carbocycles. The summed E-state index contributed by atoms with van der Waals surface area (Å²) in [5.41, 5.74) is 1.80. The number of carbonyl (C=O) groups is 1. The van der Waals surface area contributed by atoms with Crippen molar-refractivity contribution in [1.82, 2.24) is 9.29 Å². The Kier molecular flexibility index (Phi) is 6.30. The summed E-state index contributed by atoms with van der Waals surface area (Å²) in [4.78, 5) is 16.6. The minimum atomic E-state index is -4.14. The van der Waals surface area contributed by atoms with Gasteiger partial charge in [-0.2, -0.15) is 4.31 Å². The molecule has 0 spiro atoms. The number of anilines is 1. The molecule has 1 amide bonds. The van der Waals surface area contributed by atoms with Crippen LogP contribution in [-0.4, -0.2) is 36.2 Å². The van der Waals surface area contributed by atoms with E-state index in [-0.39, 0.29) is 6.54 Å². The van der Waals surface area contributed by atoms with E-state index in [2.05, 4.69) is 22.1 Å². The molecule has 4 rings (SSSR count). The SMILES string of the molecule is O=C(Nc1cccc(C#Cc2ccccn2)c1)[C@H]1CCCN1S(=O)(=O)c1ccccc1F. The van der Waals surface area contributed by atoms with Crippen molar-refractivity contribution < 1.29 is 17.6 Å². The van der Waals surface area contributed by atoms with Gasteiger partial charge in [0.1, 0.15) is 22.4 Å². The summed E-state index contributed by atoms with van der Waals surface area (Å²) in [6.45, 7) is 0.157. The van der Waals surface area contributed by atoms with Crippen molar-refractivity contribution >= 4 is 21.6 Å². The lowest BCUT2D eigenvalue weighted by Crippen LogP contribution is -2.43. The molecule has 6 nitrogen and oxygen atoms in total. The van der Waals surface area contributed by atoms with Gasteiger partial charge in [0.05, 0.1) is 0 Å². The third kappa shape index (κ3) is 4.69. The second kappa shape index (κ2) is 9.30. The Hall–Kier alpha value is -3.54. The summed E-state index contributed by atoms with van der Waals surface area (Å²) >= 11 is 0. The highest BCUT2D eigenvalue weighted by Gasteiger charge is 2.40. The van der Waals surface area contributed by atoms with Crippen LogP contribution in [-0.2, 0) is 14.8 Å². The number of aromatic nitrogens is 1. The number of halogens is 1. The predicted molar refractivity (Wildman–Crippen MR) is 119 cm³/mol. The third-order valence-electron chi connectivity index (χ3n) is 5.06. The van der Waals surface area contributed by atoms with Crippen molar-refractivity contribution in [3.63, 3.8) is 0 Å². The fraction of sp³-hybridized carbons (Fsp3) is 0.167. The van der Waals surface area contributed by atoms with Gasteiger partial charge in [0.15, 0.2) is 0 Å². The Morgan fingerprint density at radius 2 is 1.88 bits per heavy atom. The number of sulfonamides is 1. The normalized spacial score (nSPS) is 16.2. The summed E-state index contributed by atoms with van der Waals surface area (Å²) in [6.07, 6.45) is 2.53. The van der Waals surface area contributed by atoms with E-state index in [0.717, 1.165) is 10.4 Å². The zero-order valence-corrected chi connectivity index (χ0v) is 17.8. The van der Waals surface area contributed by atoms with E-state index in [1.165, 1.54) is 18.2 Å². The lowest BCUT2D eigenvalue weighted by Gasteiger charge is -2.23. The molecule has 1 N–H and O–H groups in total. The molecule has 1 saturated heterocycles. The van der Waals surface area contributed by atoms with Crippen molar-refractivity contribution in [2.75, 3.05) is 11.9 Å². The monoisotopic (exact) mass is 449 g/mol. The van der Waals surface area contributed by atoms with Crippen LogP contribution in [0.4, 0.5) is 10.1 Å². The Morgan fingerprint density at radius 3 is 2.66 bits per heavy atom. The molecule has 8 heteroatoms. The summed E-state index contributed by atoms with van der Waals surface area (Å²) in [6, 6.07) is 16.7. The van der Waals surface area contributed by atoms with E-state index in [1.807, 2.05) is 6.07 Å². The van der Waals surface area contributed by atoms with Crippen molar-refractivity contribution in [2.45, 2.75) is 23.8 Å². The number of rotatable bonds is 4. The highest BCUT2D eigenvalue weighted by molar-refractivity contribution is 7.89. The number of pyridine rings is 1. The molecule has 1 fully saturated rings. The topological polar surface area (TPSA) is 79.4 Å². The predicted octanol–water partition coefficient (Wildman–Crippen LogP) is 3.41. The van der Waals surface area contributed by atoms with Crippen LogP contribution in [0.1, 0.15) is 24.1 Å². The molecule has 1 aliphatic heterocycles. The van der Waals surface area contributed by atoms with E-state index in [0.29, 0.717) is 29.8 Å². The smallest absolute Gasteiger partial charge is 0.246 e. The van der Waals surface area contributed by atoms with Crippen molar-refractivity contribution in [1.29, 1.82) is 0 Å². The number of hydrogen-bond donors (Lipinski definition) is 1. The average molecular weight is 450 g/mol. The molecule has 0 aliphatic carbocycles. The van der Waals surface area contributed by atoms with E-state index in [9.17, 15) is 17.6 Å². The molecule has 2 aromatic carbocycles. The lowest BCUT2D eigenvalue weighted by molar-refractivity contribution is -0.119. The molecular formula is C24H20FN3O3S. The lowest BCUT2D eigenvalue weighted by atomic mass is 10.1. The van der Waals surface area contributed by atoms with Gasteiger partial charge in [0, 0.05) is 24.0 Å². The van der Waals surface area contributed by atoms with E-state index < -0.39 is 32.7 Å². The summed E-state index contributed by atoms with van der Waals surface area (Å²) in [7, 11) is -4.14. The summed E-state index contributed by atoms with van der Waals surface area (Å²) in [5, 5.41) is 2.77. The molecule has 0 bridgehead atoms. The first-order chi connectivity index (χ1) is 15.4. The molecule has 0 unspecified atom stereocenters. The highest BCUT2D eigenvalue weighted by Crippen LogP contribution is 2.28. The van der Waals surface area contributed by atoms with Gasteiger partial charge in [0.25, 0.3) is 0 Å². The Morgan fingerprint density at radius 1 is 1.06 bits per heavy atom. The van der Waals surface area contributed by atoms with E-state index in [4.69, 9.17) is 0 Å². The van der Waals surface area contributed by atoms with E-state index in [1.54, 1.807) is 42.6 Å². The molecule has 1 aromatic heterocycles. The maximum absolute atomic E-state index is 14.1. The minimum Gasteiger partial charge on any atom is -0.325 e. The van der Waals surface area contributed by atoms with Crippen LogP contribution in [0.15, 0.2) is 77.8 Å². The van der Waals surface area contributed by atoms with Crippen LogP contribution in [0.25, 0.3) is 0 Å². The quantitative estimate of drug-likeness (QED) is 0.619. The van der Waals surface area contributed by atoms with Crippen LogP contribution >= 0.6 is 0 Å². The summed E-state index contributed by atoms with van der Waals surface area (Å²) in [5.74, 6) is 4.65. The van der Waals surface area contributed by atoms with Crippen molar-refractivity contribution in [3.05, 3.63) is 90.0 Å². The highest BCUT2D eigenvalue weighted by atomic mass is 32.2. The number of nitrogens with zero attached hydrogens (tertiary/aromatic N) is 2. The molecule has 1 aliphatic rings. The minimum absolute atomic E-state index is 0.157. The first kappa shape index (κ1) is 21.7. The molecule has 0 radical (unpaired) electrons. The zero-order valence-electron chi connectivity index (χ0n) is 17.0. The van der Waals surface area contributed by atoms with Crippen LogP contribution in [0, 0.1) is 17.7 Å². The fourth-order valence-corrected chi connectivity index (χ4v) is 5.27. The number of carbonyl (C=O) groups excluding carboxylic acids is 1. The number of amides is 1. The molecule has 162 valence electrons. The fourth-order valence-electron chi connectivity index (χ4n) is 3.54. The van der Waals surface area contributed by atoms with Gasteiger partial charge in [-0.25, -0.2) is 17.8 Å². The molecule has 2 heterocycles. The Labute approximate surface area is 186 Å². The van der Waals surface area contributed by atoms with Gasteiger partial charge in [-0.3, -0.25) is 4.79 Å². The van der Waals surface area contributed by atoms with Crippen molar-refractivity contribution in [3.8, 4) is 11.8 Å². The second-order valence-electron chi connectivity index (χ2n) is 7.24. The molecule has 1 atom stereocenters. The molecular weight excluding hydrogens is 429 g/mol. The maximum Gasteiger partial charge on any atom is 0.246 e. The van der Waals surface area contributed by atoms with Gasteiger partial charge in [-0.15, -0.1) is 0 Å². The van der Waals surface area contributed by atoms with Gasteiger partial charge < -0.3 is 5.32 Å². The van der Waals surface area contributed by atoms with Gasteiger partial charge in [-0.05, 0) is 61.2 Å². The molecule has 3 aromatic rings. The van der Waals surface area contributed by atoms with Gasteiger partial charge in [0.2, 0.25) is 15.9 Å². The maximum atomic E-state index is 14.1. The number of hydrogen-bond acceptors (Lipinski definition) is 4. The Balaban J connectivity index is 1.51. The first-order valence-electron chi connectivity index (χ1n) is 10.1. The second-order valence-corrected chi connectivity index (χ2v) is 9.10. The van der Waals surface area contributed by atoms with E-state index >= 15 is 0 Å². The van der Waals surface area contributed by atoms with Crippen LogP contribution in [0.5, 0.6) is 0 Å². The third-order valence-corrected chi connectivity index (χ3v) is 7.00. The average Bonchev–Trinajstić information content (AvgIpc) is 3.30. The van der Waals surface area contributed by atoms with Crippen molar-refractivity contribution in [2.24, 2.45) is 0 Å². The first-order valence-corrected chi connectivity index (χ1v) is 11.5. The zero-order chi connectivity index (χ0) is 22.6. The summed E-state index contributed by atoms with van der Waals surface area (Å²) < 4.78 is 41.2. The standard InChI is InChI=1S/C24H20FN3O3S/c25-21-10-1-2-12-23(21)32(30,31)28-16-6-11-22(28)24(29)27-20-9-5-7-18(17-20)13-14-19-8-3-4-15-26-19/h1-5,7-10,12,15,17,22H,6,11,16H2,(H,27,29)/t22-/m1/s1. The largest absolute Gasteiger partial charge is 0.325 e. The Bertz CT molecular complexity index is 1300. The number of benzene rings is 2. The van der Waals surface area contributed by atoms with Gasteiger partial charge in [-0.1, -0.05) is 30.2 Å². The van der Waals surface area contributed by atoms with Crippen LogP contribution < -0.4 is 5.32 Å². The van der Waals surface area contributed by atoms with Crippen LogP contribution in [0.2, 0.25) is 0 Å². The number of nitrogens with one attached hydrogen (secondary N) is 1. The molecule has 32 heavy (non-hydrogen) atoms. The van der Waals surface area contributed by atoms with Crippen LogP contribution in [0.3, 0.4) is 0 Å². The van der Waals surface area contributed by atoms with Gasteiger partial charge >= 0.3 is 0 Å².